The molecule has 6 heteroatoms. The third-order valence-electron chi connectivity index (χ3n) is 4.91. The maximum Gasteiger partial charge on any atom is 0.263 e. The number of ether oxygens (including phenoxy) is 1. The number of aromatic nitrogens is 2. The number of rotatable bonds is 6. The molecule has 0 aliphatic heterocycles. The molecule has 0 aliphatic rings. The van der Waals surface area contributed by atoms with E-state index in [0.29, 0.717) is 40.7 Å². The van der Waals surface area contributed by atoms with Gasteiger partial charge < -0.3 is 10.1 Å². The minimum atomic E-state index is -0.245. The fraction of sp³-hybridized carbons (Fsp3) is 0.125. The summed E-state index contributed by atoms with van der Waals surface area (Å²) in [5.74, 6) is 0.308. The number of amides is 1. The van der Waals surface area contributed by atoms with E-state index in [2.05, 4.69) is 10.3 Å². The molecule has 2 aromatic heterocycles. The number of nitrogens with zero attached hydrogens (tertiary/aromatic N) is 2. The van der Waals surface area contributed by atoms with Gasteiger partial charge >= 0.3 is 0 Å². The largest absolute Gasteiger partial charge is 0.495 e. The zero-order chi connectivity index (χ0) is 20.9. The van der Waals surface area contributed by atoms with Crippen LogP contribution in [0.1, 0.15) is 16.1 Å². The van der Waals surface area contributed by atoms with Crippen molar-refractivity contribution in [1.82, 2.24) is 14.9 Å². The average molecular weight is 399 g/mol. The van der Waals surface area contributed by atoms with Gasteiger partial charge in [0.2, 0.25) is 0 Å². The van der Waals surface area contributed by atoms with Crippen molar-refractivity contribution in [3.63, 3.8) is 0 Å². The van der Waals surface area contributed by atoms with Crippen molar-refractivity contribution in [3.05, 3.63) is 101 Å². The molecule has 2 heterocycles. The normalized spacial score (nSPS) is 10.7. The monoisotopic (exact) mass is 399 g/mol. The maximum atomic E-state index is 13.1. The van der Waals surface area contributed by atoms with Crippen molar-refractivity contribution >= 4 is 16.7 Å². The van der Waals surface area contributed by atoms with E-state index in [1.54, 1.807) is 49.8 Å². The number of nitrogens with one attached hydrogen (secondary N) is 1. The predicted octanol–water partition coefficient (Wildman–Crippen LogP) is 3.37. The van der Waals surface area contributed by atoms with Crippen LogP contribution in [-0.4, -0.2) is 29.1 Å². The molecule has 0 fully saturated rings. The molecule has 4 rings (SSSR count). The summed E-state index contributed by atoms with van der Waals surface area (Å²) < 4.78 is 6.88. The lowest BCUT2D eigenvalue weighted by Gasteiger charge is -2.15. The van der Waals surface area contributed by atoms with Crippen molar-refractivity contribution in [2.45, 2.75) is 6.42 Å². The van der Waals surface area contributed by atoms with Crippen LogP contribution >= 0.6 is 0 Å². The lowest BCUT2D eigenvalue weighted by molar-refractivity contribution is 0.0955. The Morgan fingerprint density at radius 3 is 2.50 bits per heavy atom. The van der Waals surface area contributed by atoms with E-state index in [1.807, 2.05) is 36.4 Å². The smallest absolute Gasteiger partial charge is 0.263 e. The summed E-state index contributed by atoms with van der Waals surface area (Å²) >= 11 is 0. The summed E-state index contributed by atoms with van der Waals surface area (Å²) in [5, 5.41) is 4.03. The van der Waals surface area contributed by atoms with Crippen molar-refractivity contribution in [1.29, 1.82) is 0 Å². The molecule has 1 N–H and O–H groups in total. The molecule has 150 valence electrons. The van der Waals surface area contributed by atoms with Crippen molar-refractivity contribution in [2.24, 2.45) is 0 Å². The Balaban J connectivity index is 1.73. The van der Waals surface area contributed by atoms with Crippen molar-refractivity contribution in [3.8, 4) is 11.4 Å². The van der Waals surface area contributed by atoms with Gasteiger partial charge in [0.1, 0.15) is 5.75 Å². The van der Waals surface area contributed by atoms with Gasteiger partial charge in [0, 0.05) is 41.8 Å². The third kappa shape index (κ3) is 3.80. The van der Waals surface area contributed by atoms with Crippen LogP contribution in [0.5, 0.6) is 5.75 Å². The average Bonchev–Trinajstić information content (AvgIpc) is 2.80. The Bertz CT molecular complexity index is 1250. The number of pyridine rings is 2. The van der Waals surface area contributed by atoms with Crippen molar-refractivity contribution < 1.29 is 9.53 Å². The second kappa shape index (κ2) is 8.61. The summed E-state index contributed by atoms with van der Waals surface area (Å²) in [6.45, 7) is 0.442. The van der Waals surface area contributed by atoms with Crippen LogP contribution < -0.4 is 15.6 Å². The molecule has 30 heavy (non-hydrogen) atoms. The van der Waals surface area contributed by atoms with Crippen LogP contribution in [-0.2, 0) is 6.42 Å². The molecular formula is C24H21N3O3. The Kier molecular flexibility index (Phi) is 5.57. The first-order valence-corrected chi connectivity index (χ1v) is 9.65. The van der Waals surface area contributed by atoms with Gasteiger partial charge in [-0.25, -0.2) is 0 Å². The van der Waals surface area contributed by atoms with E-state index in [0.717, 1.165) is 5.69 Å². The van der Waals surface area contributed by atoms with Gasteiger partial charge in [-0.1, -0.05) is 36.4 Å². The van der Waals surface area contributed by atoms with E-state index >= 15 is 0 Å². The van der Waals surface area contributed by atoms with E-state index in [4.69, 9.17) is 4.74 Å². The number of hydrogen-bond donors (Lipinski definition) is 1. The first-order valence-electron chi connectivity index (χ1n) is 9.65. The zero-order valence-electron chi connectivity index (χ0n) is 16.5. The molecule has 6 nitrogen and oxygen atoms in total. The first-order chi connectivity index (χ1) is 14.7. The molecule has 0 atom stereocenters. The van der Waals surface area contributed by atoms with Gasteiger partial charge in [-0.3, -0.25) is 19.1 Å². The van der Waals surface area contributed by atoms with E-state index in [9.17, 15) is 9.59 Å². The maximum absolute atomic E-state index is 13.1. The summed E-state index contributed by atoms with van der Waals surface area (Å²) in [7, 11) is 1.55. The van der Waals surface area contributed by atoms with E-state index < -0.39 is 0 Å². The zero-order valence-corrected chi connectivity index (χ0v) is 16.5. The standard InChI is InChI=1S/C24H21N3O3/c1-30-22-12-5-4-11-21(22)27-16-20(18-9-2-3-10-19(18)24(27)29)23(28)26-15-13-17-8-6-7-14-25-17/h2-12,14,16H,13,15H2,1H3,(H,26,28). The molecule has 0 saturated heterocycles. The van der Waals surface area contributed by atoms with Gasteiger partial charge in [0.05, 0.1) is 18.4 Å². The fourth-order valence-electron chi connectivity index (χ4n) is 3.43. The SMILES string of the molecule is COc1ccccc1-n1cc(C(=O)NCCc2ccccn2)c2ccccc2c1=O. The molecule has 1 amide bonds. The molecule has 0 aliphatic carbocycles. The molecule has 0 bridgehead atoms. The van der Waals surface area contributed by atoms with Crippen LogP contribution in [0.4, 0.5) is 0 Å². The minimum absolute atomic E-state index is 0.208. The summed E-state index contributed by atoms with van der Waals surface area (Å²) in [6.07, 6.45) is 3.93. The number of para-hydroxylation sites is 2. The molecule has 0 saturated carbocycles. The van der Waals surface area contributed by atoms with Gasteiger partial charge in [0.25, 0.3) is 11.5 Å². The predicted molar refractivity (Wildman–Crippen MR) is 116 cm³/mol. The van der Waals surface area contributed by atoms with Crippen LogP contribution in [0.3, 0.4) is 0 Å². The molecule has 0 spiro atoms. The number of benzene rings is 2. The lowest BCUT2D eigenvalue weighted by atomic mass is 10.1. The topological polar surface area (TPSA) is 73.2 Å². The summed E-state index contributed by atoms with van der Waals surface area (Å²) in [5.41, 5.74) is 1.71. The van der Waals surface area contributed by atoms with Crippen LogP contribution in [0.25, 0.3) is 16.5 Å². The lowest BCUT2D eigenvalue weighted by Crippen LogP contribution is -2.29. The van der Waals surface area contributed by atoms with Crippen LogP contribution in [0.15, 0.2) is 83.9 Å². The Morgan fingerprint density at radius 1 is 1.00 bits per heavy atom. The highest BCUT2D eigenvalue weighted by Crippen LogP contribution is 2.23. The first kappa shape index (κ1) is 19.4. The quantitative estimate of drug-likeness (QED) is 0.540. The fourth-order valence-corrected chi connectivity index (χ4v) is 3.43. The Hall–Kier alpha value is -3.93. The number of hydrogen-bond acceptors (Lipinski definition) is 4. The van der Waals surface area contributed by atoms with E-state index in [-0.39, 0.29) is 11.5 Å². The second-order valence-corrected chi connectivity index (χ2v) is 6.76. The van der Waals surface area contributed by atoms with E-state index in [1.165, 1.54) is 4.57 Å². The Morgan fingerprint density at radius 2 is 1.73 bits per heavy atom. The van der Waals surface area contributed by atoms with Crippen LogP contribution in [0, 0.1) is 0 Å². The summed E-state index contributed by atoms with van der Waals surface area (Å²) in [4.78, 5) is 30.4. The molecular weight excluding hydrogens is 378 g/mol. The van der Waals surface area contributed by atoms with Crippen LogP contribution in [0.2, 0.25) is 0 Å². The molecule has 4 aromatic rings. The summed E-state index contributed by atoms with van der Waals surface area (Å²) in [6, 6.07) is 20.1. The molecule has 0 unspecified atom stereocenters. The van der Waals surface area contributed by atoms with Gasteiger partial charge in [-0.2, -0.15) is 0 Å². The minimum Gasteiger partial charge on any atom is -0.495 e. The number of fused-ring (bicyclic) bond motifs is 1. The third-order valence-corrected chi connectivity index (χ3v) is 4.91. The Labute approximate surface area is 173 Å². The second-order valence-electron chi connectivity index (χ2n) is 6.76. The highest BCUT2D eigenvalue weighted by atomic mass is 16.5. The van der Waals surface area contributed by atoms with Gasteiger partial charge in [-0.15, -0.1) is 0 Å². The number of carbonyl (C=O) groups excluding carboxylic acids is 1. The van der Waals surface area contributed by atoms with Crippen molar-refractivity contribution in [2.75, 3.05) is 13.7 Å². The highest BCUT2D eigenvalue weighted by molar-refractivity contribution is 6.06. The van der Waals surface area contributed by atoms with Gasteiger partial charge in [-0.05, 0) is 30.3 Å². The number of carbonyl (C=O) groups is 1. The highest BCUT2D eigenvalue weighted by Gasteiger charge is 2.17. The molecule has 2 aromatic carbocycles. The van der Waals surface area contributed by atoms with Gasteiger partial charge in [0.15, 0.2) is 0 Å². The molecule has 0 radical (unpaired) electrons. The number of methoxy groups -OCH3 is 1.